The van der Waals surface area contributed by atoms with Gasteiger partial charge in [0.2, 0.25) is 0 Å². The van der Waals surface area contributed by atoms with Gasteiger partial charge in [-0.3, -0.25) is 0 Å². The van der Waals surface area contributed by atoms with E-state index in [0.29, 0.717) is 0 Å². The van der Waals surface area contributed by atoms with E-state index in [0.717, 1.165) is 34.1 Å². The van der Waals surface area contributed by atoms with Crippen LogP contribution < -0.4 is 9.80 Å². The highest BCUT2D eigenvalue weighted by Gasteiger charge is 2.38. The summed E-state index contributed by atoms with van der Waals surface area (Å²) < 4.78 is 2.61. The number of fused-ring (bicyclic) bond motifs is 12. The molecule has 2 aromatic heterocycles. The number of hydrogen-bond donors (Lipinski definition) is 0. The minimum atomic E-state index is -0.296. The van der Waals surface area contributed by atoms with Crippen LogP contribution in [0.4, 0.5) is 34.1 Å². The van der Waals surface area contributed by atoms with Gasteiger partial charge in [0, 0.05) is 60.8 Å². The Balaban J connectivity index is 0.882. The first kappa shape index (κ1) is 51.2. The molecule has 1 aliphatic carbocycles. The Bertz CT molecular complexity index is 5170. The SMILES string of the molecule is CC1(C)c2cc(N(c3cccc(-c4ccccc4)c3)c3cccc(-c4ccccc4)c3)ccc2-c2c1ccc1c2ccc2c3ccc(N(c4cccc(-c5ccccc5)c4)c4cccc(-c5ccccc5)c4)c4c5cc(-c6ccccc6)ccc5n(c12)c34. The van der Waals surface area contributed by atoms with Crippen LogP contribution in [0.15, 0.2) is 322 Å². The first-order valence-electron chi connectivity index (χ1n) is 30.6. The van der Waals surface area contributed by atoms with Gasteiger partial charge >= 0.3 is 0 Å². The van der Waals surface area contributed by atoms with E-state index in [4.69, 9.17) is 0 Å². The Labute approximate surface area is 512 Å². The third kappa shape index (κ3) is 8.27. The Kier molecular flexibility index (Phi) is 11.9. The molecule has 88 heavy (non-hydrogen) atoms. The van der Waals surface area contributed by atoms with Crippen molar-refractivity contribution in [1.82, 2.24) is 4.40 Å². The summed E-state index contributed by atoms with van der Waals surface area (Å²) >= 11 is 0. The van der Waals surface area contributed by atoms with E-state index in [-0.39, 0.29) is 5.41 Å². The number of hydrogen-bond acceptors (Lipinski definition) is 2. The zero-order chi connectivity index (χ0) is 58.5. The summed E-state index contributed by atoms with van der Waals surface area (Å²) in [6.45, 7) is 4.83. The van der Waals surface area contributed by atoms with Gasteiger partial charge in [0.1, 0.15) is 0 Å². The standard InChI is InChI=1S/C85H59N3/c1-85(2)77-47-45-72-71(81(77)75-42-41-70(55-78(75)85)86(66-36-18-32-61(50-66)56-22-8-3-9-23-56)67-37-19-33-62(51-67)57-24-10-4-11-25-57)43-44-73-74-46-49-80(82-76-54-65(60-30-16-7-17-31-60)40-48-79(76)88(83(72)73)84(74)82)87(68-38-20-34-63(52-68)58-26-12-5-13-27-58)69-39-21-35-64(53-69)59-28-14-6-15-29-59/h3-55H,1-2H3. The van der Waals surface area contributed by atoms with Crippen molar-refractivity contribution in [2.75, 3.05) is 9.80 Å². The summed E-state index contributed by atoms with van der Waals surface area (Å²) in [4.78, 5) is 4.95. The molecule has 17 rings (SSSR count). The lowest BCUT2D eigenvalue weighted by atomic mass is 9.81. The predicted octanol–water partition coefficient (Wildman–Crippen LogP) is 23.6. The third-order valence-electron chi connectivity index (χ3n) is 18.6. The fourth-order valence-corrected chi connectivity index (χ4v) is 14.5. The minimum Gasteiger partial charge on any atom is -0.310 e. The second kappa shape index (κ2) is 20.5. The van der Waals surface area contributed by atoms with Gasteiger partial charge in [-0.2, -0.15) is 0 Å². The molecule has 0 spiro atoms. The summed E-state index contributed by atoms with van der Waals surface area (Å²) in [7, 11) is 0. The molecular formula is C85H59N3. The maximum Gasteiger partial charge on any atom is 0.0641 e. The maximum atomic E-state index is 2.61. The topological polar surface area (TPSA) is 10.9 Å². The zero-order valence-corrected chi connectivity index (χ0v) is 48.9. The van der Waals surface area contributed by atoms with Crippen molar-refractivity contribution in [3.63, 3.8) is 0 Å². The lowest BCUT2D eigenvalue weighted by Gasteiger charge is -2.29. The van der Waals surface area contributed by atoms with Crippen LogP contribution in [-0.4, -0.2) is 4.40 Å². The molecule has 0 saturated heterocycles. The molecule has 1 aliphatic rings. The number of benzene rings is 14. The van der Waals surface area contributed by atoms with Crippen LogP contribution in [-0.2, 0) is 5.41 Å². The summed E-state index contributed by atoms with van der Waals surface area (Å²) in [6.07, 6.45) is 0. The van der Waals surface area contributed by atoms with Gasteiger partial charge in [0.25, 0.3) is 0 Å². The average Bonchev–Trinajstić information content (AvgIpc) is 1.59. The molecule has 0 aliphatic heterocycles. The summed E-state index contributed by atoms with van der Waals surface area (Å²) in [5, 5.41) is 7.43. The normalized spacial score (nSPS) is 12.5. The van der Waals surface area contributed by atoms with E-state index >= 15 is 0 Å². The molecular weight excluding hydrogens is 1060 g/mol. The second-order valence-electron chi connectivity index (χ2n) is 24.0. The van der Waals surface area contributed by atoms with Crippen molar-refractivity contribution < 1.29 is 0 Å². The molecule has 0 amide bonds. The molecule has 0 fully saturated rings. The van der Waals surface area contributed by atoms with Gasteiger partial charge in [-0.15, -0.1) is 0 Å². The van der Waals surface area contributed by atoms with Crippen molar-refractivity contribution in [1.29, 1.82) is 0 Å². The highest BCUT2D eigenvalue weighted by Crippen LogP contribution is 2.56. The van der Waals surface area contributed by atoms with Gasteiger partial charge in [-0.05, 0) is 162 Å². The highest BCUT2D eigenvalue weighted by molar-refractivity contribution is 6.31. The first-order chi connectivity index (χ1) is 43.4. The van der Waals surface area contributed by atoms with Crippen LogP contribution >= 0.6 is 0 Å². The molecule has 0 bridgehead atoms. The average molecular weight is 1120 g/mol. The molecule has 414 valence electrons. The molecule has 14 aromatic carbocycles. The number of anilines is 6. The van der Waals surface area contributed by atoms with E-state index < -0.39 is 0 Å². The largest absolute Gasteiger partial charge is 0.310 e. The van der Waals surface area contributed by atoms with Gasteiger partial charge in [-0.1, -0.05) is 257 Å². The van der Waals surface area contributed by atoms with Crippen LogP contribution in [0.2, 0.25) is 0 Å². The maximum absolute atomic E-state index is 2.61. The fourth-order valence-electron chi connectivity index (χ4n) is 14.5. The second-order valence-corrected chi connectivity index (χ2v) is 24.0. The van der Waals surface area contributed by atoms with Crippen LogP contribution in [0.25, 0.3) is 116 Å². The monoisotopic (exact) mass is 1120 g/mol. The zero-order valence-electron chi connectivity index (χ0n) is 48.9. The van der Waals surface area contributed by atoms with Gasteiger partial charge in [-0.25, -0.2) is 0 Å². The Morgan fingerprint density at radius 1 is 0.261 bits per heavy atom. The molecule has 0 saturated carbocycles. The van der Waals surface area contributed by atoms with Crippen molar-refractivity contribution in [2.45, 2.75) is 19.3 Å². The highest BCUT2D eigenvalue weighted by atomic mass is 15.2. The van der Waals surface area contributed by atoms with Gasteiger partial charge in [0.05, 0.1) is 22.2 Å². The molecule has 0 N–H and O–H groups in total. The summed E-state index contributed by atoms with van der Waals surface area (Å²) in [5.74, 6) is 0. The van der Waals surface area contributed by atoms with Crippen molar-refractivity contribution >= 4 is 83.0 Å². The molecule has 0 unspecified atom stereocenters. The predicted molar refractivity (Wildman–Crippen MR) is 373 cm³/mol. The fraction of sp³-hybridized carbons (Fsp3) is 0.0353. The van der Waals surface area contributed by atoms with E-state index in [2.05, 4.69) is 350 Å². The molecule has 0 radical (unpaired) electrons. The van der Waals surface area contributed by atoms with Crippen LogP contribution in [0.5, 0.6) is 0 Å². The Morgan fingerprint density at radius 3 is 1.14 bits per heavy atom. The van der Waals surface area contributed by atoms with Crippen molar-refractivity contribution in [3.8, 4) is 66.8 Å². The number of nitrogens with zero attached hydrogens (tertiary/aromatic N) is 3. The minimum absolute atomic E-state index is 0.296. The number of aromatic nitrogens is 1. The first-order valence-corrected chi connectivity index (χ1v) is 30.6. The van der Waals surface area contributed by atoms with Crippen LogP contribution in [0.3, 0.4) is 0 Å². The smallest absolute Gasteiger partial charge is 0.0641 e. The Morgan fingerprint density at radius 2 is 0.648 bits per heavy atom. The van der Waals surface area contributed by atoms with E-state index in [1.165, 1.54) is 127 Å². The molecule has 3 nitrogen and oxygen atoms in total. The van der Waals surface area contributed by atoms with Crippen molar-refractivity contribution in [2.24, 2.45) is 0 Å². The van der Waals surface area contributed by atoms with Gasteiger partial charge < -0.3 is 14.2 Å². The molecule has 3 heteroatoms. The molecule has 2 heterocycles. The number of rotatable bonds is 11. The van der Waals surface area contributed by atoms with E-state index in [1.807, 2.05) is 0 Å². The lowest BCUT2D eigenvalue weighted by Crippen LogP contribution is -2.16. The van der Waals surface area contributed by atoms with Crippen LogP contribution in [0, 0.1) is 0 Å². The lowest BCUT2D eigenvalue weighted by molar-refractivity contribution is 0.661. The van der Waals surface area contributed by atoms with Gasteiger partial charge in [0.15, 0.2) is 0 Å². The molecule has 16 aromatic rings. The van der Waals surface area contributed by atoms with E-state index in [9.17, 15) is 0 Å². The quantitative estimate of drug-likeness (QED) is 0.128. The Hall–Kier alpha value is -11.3. The third-order valence-corrected chi connectivity index (χ3v) is 18.6. The molecule has 0 atom stereocenters. The van der Waals surface area contributed by atoms with E-state index in [1.54, 1.807) is 0 Å². The van der Waals surface area contributed by atoms with Crippen molar-refractivity contribution in [3.05, 3.63) is 333 Å². The summed E-state index contributed by atoms with van der Waals surface area (Å²) in [5.41, 5.74) is 27.1. The van der Waals surface area contributed by atoms with Crippen LogP contribution in [0.1, 0.15) is 25.0 Å². The summed E-state index contributed by atoms with van der Waals surface area (Å²) in [6, 6.07) is 119.